The van der Waals surface area contributed by atoms with Gasteiger partial charge < -0.3 is 5.11 Å². The van der Waals surface area contributed by atoms with Gasteiger partial charge in [0.15, 0.2) is 5.82 Å². The van der Waals surface area contributed by atoms with Crippen molar-refractivity contribution in [2.45, 2.75) is 52.1 Å². The number of tetrazole rings is 1. The summed E-state index contributed by atoms with van der Waals surface area (Å²) in [4.78, 5) is 1.46. The summed E-state index contributed by atoms with van der Waals surface area (Å²) in [5.41, 5.74) is -0.786. The molecule has 3 rings (SSSR count). The lowest BCUT2D eigenvalue weighted by atomic mass is 9.59. The highest BCUT2D eigenvalue weighted by atomic mass is 16.3. The Morgan fingerprint density at radius 1 is 1.39 bits per heavy atom. The number of aliphatic hydroxyl groups is 1. The fraction of sp³-hybridized carbons (Fsp3) is 0.923. The van der Waals surface area contributed by atoms with E-state index in [1.54, 1.807) is 7.05 Å². The second kappa shape index (κ2) is 3.32. The van der Waals surface area contributed by atoms with Crippen molar-refractivity contribution in [2.75, 3.05) is 0 Å². The number of fused-ring (bicyclic) bond motifs is 2. The lowest BCUT2D eigenvalue weighted by Crippen LogP contribution is -2.55. The standard InChI is InChI=1S/C13H22N4O/c1-11(2)9-5-6-12(3,7-9)13(11,18)8-10-14-16-17(4)15-10/h9,18H,5-8H2,1-4H3. The summed E-state index contributed by atoms with van der Waals surface area (Å²) in [6.07, 6.45) is 3.98. The maximum absolute atomic E-state index is 11.3. The van der Waals surface area contributed by atoms with Gasteiger partial charge in [-0.1, -0.05) is 20.8 Å². The Bertz CT molecular complexity index is 476. The Morgan fingerprint density at radius 3 is 2.61 bits per heavy atom. The second-order valence-electron chi connectivity index (χ2n) is 6.95. The van der Waals surface area contributed by atoms with Crippen LogP contribution in [0.3, 0.4) is 0 Å². The Morgan fingerprint density at radius 2 is 2.11 bits per heavy atom. The van der Waals surface area contributed by atoms with E-state index in [9.17, 15) is 5.11 Å². The quantitative estimate of drug-likeness (QED) is 0.860. The molecule has 0 radical (unpaired) electrons. The summed E-state index contributed by atoms with van der Waals surface area (Å²) in [5.74, 6) is 1.27. The van der Waals surface area contributed by atoms with Gasteiger partial charge in [-0.15, -0.1) is 10.2 Å². The highest BCUT2D eigenvalue weighted by Crippen LogP contribution is 2.68. The second-order valence-corrected chi connectivity index (χ2v) is 6.95. The van der Waals surface area contributed by atoms with Crippen molar-refractivity contribution in [1.29, 1.82) is 0 Å². The molecular formula is C13H22N4O. The zero-order valence-corrected chi connectivity index (χ0v) is 11.6. The van der Waals surface area contributed by atoms with Crippen molar-refractivity contribution in [2.24, 2.45) is 23.8 Å². The van der Waals surface area contributed by atoms with Crippen LogP contribution in [0.15, 0.2) is 0 Å². The smallest absolute Gasteiger partial charge is 0.177 e. The SMILES string of the molecule is Cn1nnc(CC2(O)C3(C)CCC(C3)C2(C)C)n1. The Balaban J connectivity index is 1.97. The predicted molar refractivity (Wildman–Crippen MR) is 66.7 cm³/mol. The average Bonchev–Trinajstić information content (AvgIpc) is 2.88. The molecule has 2 fully saturated rings. The van der Waals surface area contributed by atoms with Crippen molar-refractivity contribution in [1.82, 2.24) is 20.2 Å². The molecule has 3 unspecified atom stereocenters. The van der Waals surface area contributed by atoms with Gasteiger partial charge in [-0.05, 0) is 41.2 Å². The third kappa shape index (κ3) is 1.28. The highest BCUT2D eigenvalue weighted by Gasteiger charge is 2.68. The number of hydrogen-bond donors (Lipinski definition) is 1. The van der Waals surface area contributed by atoms with Gasteiger partial charge >= 0.3 is 0 Å². The molecule has 3 atom stereocenters. The number of aryl methyl sites for hydroxylation is 1. The largest absolute Gasteiger partial charge is 0.388 e. The van der Waals surface area contributed by atoms with Gasteiger partial charge in [0.25, 0.3) is 0 Å². The van der Waals surface area contributed by atoms with Crippen LogP contribution in [-0.2, 0) is 13.5 Å². The van der Waals surface area contributed by atoms with Crippen molar-refractivity contribution in [3.63, 3.8) is 0 Å². The molecule has 2 saturated carbocycles. The lowest BCUT2D eigenvalue weighted by molar-refractivity contribution is -0.143. The van der Waals surface area contributed by atoms with E-state index in [1.165, 1.54) is 11.2 Å². The molecule has 5 nitrogen and oxygen atoms in total. The number of nitrogens with zero attached hydrogens (tertiary/aromatic N) is 4. The van der Waals surface area contributed by atoms with Gasteiger partial charge in [-0.3, -0.25) is 0 Å². The molecule has 0 spiro atoms. The summed E-state index contributed by atoms with van der Waals surface area (Å²) >= 11 is 0. The minimum Gasteiger partial charge on any atom is -0.388 e. The fourth-order valence-electron chi connectivity index (χ4n) is 4.41. The van der Waals surface area contributed by atoms with E-state index in [2.05, 4.69) is 36.2 Å². The van der Waals surface area contributed by atoms with Crippen LogP contribution >= 0.6 is 0 Å². The molecule has 0 aliphatic heterocycles. The van der Waals surface area contributed by atoms with E-state index in [0.717, 1.165) is 12.8 Å². The molecule has 0 aromatic carbocycles. The van der Waals surface area contributed by atoms with Crippen LogP contribution in [0.25, 0.3) is 0 Å². The van der Waals surface area contributed by atoms with E-state index >= 15 is 0 Å². The summed E-state index contributed by atoms with van der Waals surface area (Å²) in [7, 11) is 1.76. The van der Waals surface area contributed by atoms with Crippen LogP contribution in [-0.4, -0.2) is 30.9 Å². The molecule has 1 N–H and O–H groups in total. The summed E-state index contributed by atoms with van der Waals surface area (Å²) < 4.78 is 0. The van der Waals surface area contributed by atoms with E-state index in [1.807, 2.05) is 0 Å². The monoisotopic (exact) mass is 250 g/mol. The first-order valence-corrected chi connectivity index (χ1v) is 6.74. The van der Waals surface area contributed by atoms with Gasteiger partial charge in [0, 0.05) is 6.42 Å². The van der Waals surface area contributed by atoms with Crippen molar-refractivity contribution < 1.29 is 5.11 Å². The molecule has 100 valence electrons. The minimum absolute atomic E-state index is 0.000365. The molecule has 5 heteroatoms. The fourth-order valence-corrected chi connectivity index (χ4v) is 4.41. The Labute approximate surface area is 108 Å². The maximum atomic E-state index is 11.3. The molecule has 1 aromatic heterocycles. The highest BCUT2D eigenvalue weighted by molar-refractivity contribution is 5.20. The normalized spacial score (nSPS) is 41.5. The van der Waals surface area contributed by atoms with E-state index in [0.29, 0.717) is 18.2 Å². The maximum Gasteiger partial charge on any atom is 0.177 e. The van der Waals surface area contributed by atoms with Crippen LogP contribution in [0.1, 0.15) is 45.9 Å². The van der Waals surface area contributed by atoms with Crippen molar-refractivity contribution in [3.05, 3.63) is 5.82 Å². The van der Waals surface area contributed by atoms with Crippen LogP contribution in [0.2, 0.25) is 0 Å². The van der Waals surface area contributed by atoms with Crippen molar-refractivity contribution in [3.8, 4) is 0 Å². The molecule has 1 aromatic rings. The topological polar surface area (TPSA) is 63.8 Å². The number of hydrogen-bond acceptors (Lipinski definition) is 4. The Hall–Kier alpha value is -0.970. The molecular weight excluding hydrogens is 228 g/mol. The third-order valence-corrected chi connectivity index (χ3v) is 5.79. The first kappa shape index (κ1) is 12.1. The summed E-state index contributed by atoms with van der Waals surface area (Å²) in [6.45, 7) is 6.61. The van der Waals surface area contributed by atoms with Crippen molar-refractivity contribution >= 4 is 0 Å². The average molecular weight is 250 g/mol. The molecule has 1 heterocycles. The van der Waals surface area contributed by atoms with E-state index in [4.69, 9.17) is 0 Å². The molecule has 2 aliphatic rings. The lowest BCUT2D eigenvalue weighted by Gasteiger charge is -2.50. The molecule has 18 heavy (non-hydrogen) atoms. The zero-order valence-electron chi connectivity index (χ0n) is 11.6. The first-order chi connectivity index (χ1) is 8.28. The molecule has 0 saturated heterocycles. The predicted octanol–water partition coefficient (Wildman–Crippen LogP) is 1.33. The van der Waals surface area contributed by atoms with E-state index < -0.39 is 5.60 Å². The number of aromatic nitrogens is 4. The summed E-state index contributed by atoms with van der Waals surface area (Å²) in [5, 5.41) is 23.5. The minimum atomic E-state index is -0.716. The van der Waals surface area contributed by atoms with E-state index in [-0.39, 0.29) is 10.8 Å². The molecule has 0 amide bonds. The summed E-state index contributed by atoms with van der Waals surface area (Å²) in [6, 6.07) is 0. The van der Waals surface area contributed by atoms with Crippen LogP contribution < -0.4 is 0 Å². The van der Waals surface area contributed by atoms with Gasteiger partial charge in [0.2, 0.25) is 0 Å². The van der Waals surface area contributed by atoms with Gasteiger partial charge in [-0.25, -0.2) is 0 Å². The Kier molecular flexibility index (Phi) is 2.23. The van der Waals surface area contributed by atoms with Gasteiger partial charge in [0.05, 0.1) is 12.6 Å². The molecule has 2 bridgehead atoms. The van der Waals surface area contributed by atoms with Gasteiger partial charge in [0.1, 0.15) is 0 Å². The third-order valence-electron chi connectivity index (χ3n) is 5.79. The van der Waals surface area contributed by atoms with Gasteiger partial charge in [-0.2, -0.15) is 4.80 Å². The number of rotatable bonds is 2. The first-order valence-electron chi connectivity index (χ1n) is 6.74. The van der Waals surface area contributed by atoms with Crippen LogP contribution in [0.5, 0.6) is 0 Å². The zero-order chi connectivity index (χ0) is 13.2. The molecule has 2 aliphatic carbocycles. The van der Waals surface area contributed by atoms with Crippen LogP contribution in [0.4, 0.5) is 0 Å². The van der Waals surface area contributed by atoms with Crippen LogP contribution in [0, 0.1) is 16.7 Å².